The summed E-state index contributed by atoms with van der Waals surface area (Å²) in [6.45, 7) is 1.68. The highest BCUT2D eigenvalue weighted by Crippen LogP contribution is 2.31. The van der Waals surface area contributed by atoms with Crippen LogP contribution in [0.5, 0.6) is 0 Å². The number of amides is 1. The molecule has 0 saturated carbocycles. The second-order valence-electron chi connectivity index (χ2n) is 8.86. The standard InChI is InChI=1S/C27H23N9O3/c1-15-22-18(25(38)30-15)9-10-21(32-22)33-27-29-13-19(26-34-23(36-39-26)17-8-5-11-28-12-17)24(35-27)31-20(14-37)16-6-3-2-4-7-16/h2-13,15,20,37H,14H2,1H3,(H,30,38)(H2,29,31,32,33,35)/t15?,20-/m1/s1. The molecule has 0 bridgehead atoms. The van der Waals surface area contributed by atoms with E-state index in [9.17, 15) is 9.90 Å². The van der Waals surface area contributed by atoms with Crippen LogP contribution in [-0.4, -0.2) is 47.7 Å². The van der Waals surface area contributed by atoms with Gasteiger partial charge < -0.3 is 25.6 Å². The lowest BCUT2D eigenvalue weighted by Crippen LogP contribution is -2.17. The summed E-state index contributed by atoms with van der Waals surface area (Å²) in [7, 11) is 0. The van der Waals surface area contributed by atoms with Crippen LogP contribution in [0.1, 0.15) is 40.6 Å². The second-order valence-corrected chi connectivity index (χ2v) is 8.86. The monoisotopic (exact) mass is 521 g/mol. The first-order valence-corrected chi connectivity index (χ1v) is 12.2. The predicted octanol–water partition coefficient (Wildman–Crippen LogP) is 3.68. The molecule has 12 nitrogen and oxygen atoms in total. The van der Waals surface area contributed by atoms with Crippen molar-refractivity contribution in [3.8, 4) is 22.8 Å². The molecule has 1 unspecified atom stereocenters. The van der Waals surface area contributed by atoms with Crippen LogP contribution in [0.4, 0.5) is 17.6 Å². The normalized spacial score (nSPS) is 14.9. The molecule has 1 aromatic carbocycles. The second kappa shape index (κ2) is 10.3. The fourth-order valence-electron chi connectivity index (χ4n) is 4.26. The largest absolute Gasteiger partial charge is 0.394 e. The molecule has 6 rings (SSSR count). The molecular weight excluding hydrogens is 498 g/mol. The zero-order chi connectivity index (χ0) is 26.8. The average molecular weight is 522 g/mol. The van der Waals surface area contributed by atoms with E-state index in [0.717, 1.165) is 5.56 Å². The first kappa shape index (κ1) is 24.1. The van der Waals surface area contributed by atoms with Crippen LogP contribution in [-0.2, 0) is 0 Å². The topological polar surface area (TPSA) is 164 Å². The van der Waals surface area contributed by atoms with Gasteiger partial charge in [-0.3, -0.25) is 9.78 Å². The summed E-state index contributed by atoms with van der Waals surface area (Å²) in [5.41, 5.74) is 3.21. The number of hydrogen-bond acceptors (Lipinski definition) is 11. The third-order valence-electron chi connectivity index (χ3n) is 6.23. The van der Waals surface area contributed by atoms with Crippen molar-refractivity contribution in [3.63, 3.8) is 0 Å². The van der Waals surface area contributed by atoms with Crippen molar-refractivity contribution in [1.29, 1.82) is 0 Å². The summed E-state index contributed by atoms with van der Waals surface area (Å²) in [4.78, 5) is 34.3. The smallest absolute Gasteiger partial charge is 0.263 e. The molecule has 0 saturated heterocycles. The minimum absolute atomic E-state index is 0.148. The van der Waals surface area contributed by atoms with E-state index >= 15 is 0 Å². The third-order valence-corrected chi connectivity index (χ3v) is 6.23. The fraction of sp³-hybridized carbons (Fsp3) is 0.148. The van der Waals surface area contributed by atoms with Gasteiger partial charge in [-0.25, -0.2) is 9.97 Å². The van der Waals surface area contributed by atoms with E-state index < -0.39 is 6.04 Å². The van der Waals surface area contributed by atoms with Crippen molar-refractivity contribution in [2.24, 2.45) is 0 Å². The molecule has 5 aromatic rings. The summed E-state index contributed by atoms with van der Waals surface area (Å²) >= 11 is 0. The SMILES string of the molecule is CC1NC(=O)c2ccc(Nc3ncc(-c4nc(-c5cccnc5)no4)c(N[C@H](CO)c4ccccc4)n3)nc21. The van der Waals surface area contributed by atoms with Crippen LogP contribution < -0.4 is 16.0 Å². The Kier molecular flexibility index (Phi) is 6.35. The van der Waals surface area contributed by atoms with Crippen molar-refractivity contribution in [3.05, 3.63) is 90.0 Å². The van der Waals surface area contributed by atoms with Crippen LogP contribution in [0, 0.1) is 0 Å². The predicted molar refractivity (Wildman–Crippen MR) is 142 cm³/mol. The number of nitrogens with zero attached hydrogens (tertiary/aromatic N) is 6. The maximum atomic E-state index is 12.1. The molecule has 194 valence electrons. The molecule has 2 atom stereocenters. The Hall–Kier alpha value is -5.23. The lowest BCUT2D eigenvalue weighted by atomic mass is 10.1. The highest BCUT2D eigenvalue weighted by atomic mass is 16.5. The number of carbonyl (C=O) groups excluding carboxylic acids is 1. The summed E-state index contributed by atoms with van der Waals surface area (Å²) in [5, 5.41) is 23.5. The highest BCUT2D eigenvalue weighted by molar-refractivity contribution is 5.98. The molecule has 0 fully saturated rings. The average Bonchev–Trinajstić information content (AvgIpc) is 3.57. The zero-order valence-electron chi connectivity index (χ0n) is 20.7. The zero-order valence-corrected chi connectivity index (χ0v) is 20.7. The number of aliphatic hydroxyl groups is 1. The van der Waals surface area contributed by atoms with Gasteiger partial charge in [0.2, 0.25) is 11.8 Å². The van der Waals surface area contributed by atoms with Gasteiger partial charge in [-0.15, -0.1) is 0 Å². The summed E-state index contributed by atoms with van der Waals surface area (Å²) < 4.78 is 5.55. The molecule has 4 aromatic heterocycles. The number of anilines is 3. The number of benzene rings is 1. The van der Waals surface area contributed by atoms with Gasteiger partial charge in [0.1, 0.15) is 17.2 Å². The number of hydrogen-bond donors (Lipinski definition) is 4. The Morgan fingerprint density at radius 2 is 1.90 bits per heavy atom. The molecule has 0 spiro atoms. The van der Waals surface area contributed by atoms with Crippen LogP contribution in [0.2, 0.25) is 0 Å². The van der Waals surface area contributed by atoms with E-state index in [0.29, 0.717) is 39.8 Å². The van der Waals surface area contributed by atoms with Crippen LogP contribution in [0.25, 0.3) is 22.8 Å². The highest BCUT2D eigenvalue weighted by Gasteiger charge is 2.27. The minimum atomic E-state index is -0.468. The van der Waals surface area contributed by atoms with Crippen molar-refractivity contribution in [2.75, 3.05) is 17.2 Å². The summed E-state index contributed by atoms with van der Waals surface area (Å²) in [5.74, 6) is 1.51. The van der Waals surface area contributed by atoms with Crippen LogP contribution in [0.15, 0.2) is 77.7 Å². The van der Waals surface area contributed by atoms with Crippen LogP contribution in [0.3, 0.4) is 0 Å². The molecule has 1 aliphatic heterocycles. The first-order valence-electron chi connectivity index (χ1n) is 12.2. The van der Waals surface area contributed by atoms with E-state index in [-0.39, 0.29) is 30.4 Å². The molecule has 12 heteroatoms. The Morgan fingerprint density at radius 1 is 1.03 bits per heavy atom. The number of rotatable bonds is 8. The maximum Gasteiger partial charge on any atom is 0.263 e. The van der Waals surface area contributed by atoms with Crippen LogP contribution >= 0.6 is 0 Å². The van der Waals surface area contributed by atoms with E-state index in [4.69, 9.17) is 4.52 Å². The maximum absolute atomic E-state index is 12.1. The van der Waals surface area contributed by atoms with E-state index in [1.807, 2.05) is 43.3 Å². The lowest BCUT2D eigenvalue weighted by molar-refractivity contribution is 0.0958. The number of fused-ring (bicyclic) bond motifs is 1. The molecule has 4 N–H and O–H groups in total. The van der Waals surface area contributed by atoms with Gasteiger partial charge in [0.25, 0.3) is 11.8 Å². The van der Waals surface area contributed by atoms with Gasteiger partial charge in [0, 0.05) is 24.2 Å². The molecule has 39 heavy (non-hydrogen) atoms. The van der Waals surface area contributed by atoms with Gasteiger partial charge in [-0.2, -0.15) is 9.97 Å². The van der Waals surface area contributed by atoms with E-state index in [1.165, 1.54) is 0 Å². The number of pyridine rings is 2. The molecule has 1 aliphatic rings. The van der Waals surface area contributed by atoms with Crippen molar-refractivity contribution in [1.82, 2.24) is 35.4 Å². The lowest BCUT2D eigenvalue weighted by Gasteiger charge is -2.19. The quantitative estimate of drug-likeness (QED) is 0.235. The number of nitrogens with one attached hydrogen (secondary N) is 3. The Bertz CT molecular complexity index is 1630. The van der Waals surface area contributed by atoms with Gasteiger partial charge >= 0.3 is 0 Å². The Morgan fingerprint density at radius 3 is 2.69 bits per heavy atom. The number of aliphatic hydroxyl groups excluding tert-OH is 1. The van der Waals surface area contributed by atoms with Crippen molar-refractivity contribution < 1.29 is 14.4 Å². The van der Waals surface area contributed by atoms with Gasteiger partial charge in [0.15, 0.2) is 0 Å². The summed E-state index contributed by atoms with van der Waals surface area (Å²) in [6.07, 6.45) is 4.86. The molecule has 0 radical (unpaired) electrons. The summed E-state index contributed by atoms with van der Waals surface area (Å²) in [6, 6.07) is 15.9. The van der Waals surface area contributed by atoms with Crippen molar-refractivity contribution >= 4 is 23.5 Å². The van der Waals surface area contributed by atoms with Crippen molar-refractivity contribution in [2.45, 2.75) is 19.0 Å². The first-order chi connectivity index (χ1) is 19.1. The van der Waals surface area contributed by atoms with Gasteiger partial charge in [-0.05, 0) is 36.8 Å². The molecule has 5 heterocycles. The third kappa shape index (κ3) is 4.88. The van der Waals surface area contributed by atoms with E-state index in [1.54, 1.807) is 36.8 Å². The molecule has 0 aliphatic carbocycles. The molecule has 1 amide bonds. The van der Waals surface area contributed by atoms with E-state index in [2.05, 4.69) is 46.0 Å². The fourth-order valence-corrected chi connectivity index (χ4v) is 4.26. The van der Waals surface area contributed by atoms with Gasteiger partial charge in [-0.1, -0.05) is 35.5 Å². The minimum Gasteiger partial charge on any atom is -0.394 e. The molecular formula is C27H23N9O3. The number of carbonyl (C=O) groups is 1. The number of aromatic nitrogens is 6. The Balaban J connectivity index is 1.36. The van der Waals surface area contributed by atoms with Gasteiger partial charge in [0.05, 0.1) is 29.9 Å². The Labute approximate surface area is 222 Å².